The number of hydrogen-bond acceptors (Lipinski definition) is 5. The minimum absolute atomic E-state index is 0.166. The van der Waals surface area contributed by atoms with Crippen molar-refractivity contribution in [3.8, 4) is 0 Å². The van der Waals surface area contributed by atoms with E-state index in [9.17, 15) is 9.59 Å². The zero-order valence-corrected chi connectivity index (χ0v) is 9.19. The summed E-state index contributed by atoms with van der Waals surface area (Å²) in [7, 11) is 1.50. The molecule has 0 aromatic carbocycles. The maximum atomic E-state index is 10.9. The minimum Gasteiger partial charge on any atom is -0.460 e. The molecule has 0 radical (unpaired) electrons. The molecule has 0 aromatic rings. The molecule has 0 spiro atoms. The molecule has 0 bridgehead atoms. The van der Waals surface area contributed by atoms with Crippen molar-refractivity contribution in [1.82, 2.24) is 0 Å². The molecular weight excluding hydrogens is 200 g/mol. The van der Waals surface area contributed by atoms with Gasteiger partial charge in [-0.2, -0.15) is 0 Å². The normalized spacial score (nSPS) is 10.7. The van der Waals surface area contributed by atoms with Crippen molar-refractivity contribution >= 4 is 11.9 Å². The number of methoxy groups -OCH3 is 1. The number of hydrogen-bond donors (Lipinski definition) is 0. The molecule has 0 amide bonds. The van der Waals surface area contributed by atoms with Crippen molar-refractivity contribution < 1.29 is 23.8 Å². The van der Waals surface area contributed by atoms with Crippen LogP contribution in [-0.4, -0.2) is 38.4 Å². The van der Waals surface area contributed by atoms with Crippen LogP contribution in [0, 0.1) is 0 Å². The zero-order chi connectivity index (χ0) is 11.7. The van der Waals surface area contributed by atoms with Crippen LogP contribution < -0.4 is 0 Å². The highest BCUT2D eigenvalue weighted by atomic mass is 16.6. The van der Waals surface area contributed by atoms with E-state index >= 15 is 0 Å². The van der Waals surface area contributed by atoms with Crippen molar-refractivity contribution in [2.75, 3.05) is 20.3 Å². The summed E-state index contributed by atoms with van der Waals surface area (Å²) in [6.07, 6.45) is 1.86. The van der Waals surface area contributed by atoms with Crippen LogP contribution in [0.15, 0.2) is 12.2 Å². The number of carbonyl (C=O) groups excluding carboxylic acids is 2. The smallest absolute Gasteiger partial charge is 0.331 e. The number of carbonyl (C=O) groups is 2. The van der Waals surface area contributed by atoms with Gasteiger partial charge >= 0.3 is 11.9 Å². The SMILES string of the molecule is COCCOC(=O)C=CC(=O)OC(C)C. The fourth-order valence-corrected chi connectivity index (χ4v) is 0.681. The summed E-state index contributed by atoms with van der Waals surface area (Å²) in [6, 6.07) is 0. The molecule has 15 heavy (non-hydrogen) atoms. The van der Waals surface area contributed by atoms with Gasteiger partial charge in [-0.15, -0.1) is 0 Å². The molecule has 0 saturated carbocycles. The fraction of sp³-hybridized carbons (Fsp3) is 0.600. The van der Waals surface area contributed by atoms with Crippen LogP contribution in [0.1, 0.15) is 13.8 Å². The first-order valence-corrected chi connectivity index (χ1v) is 4.60. The molecular formula is C10H16O5. The van der Waals surface area contributed by atoms with Gasteiger partial charge in [-0.25, -0.2) is 9.59 Å². The summed E-state index contributed by atoms with van der Waals surface area (Å²) in [5, 5.41) is 0. The van der Waals surface area contributed by atoms with Gasteiger partial charge in [0.15, 0.2) is 0 Å². The maximum Gasteiger partial charge on any atom is 0.331 e. The van der Waals surface area contributed by atoms with Crippen molar-refractivity contribution in [3.05, 3.63) is 12.2 Å². The Labute approximate surface area is 89.0 Å². The Hall–Kier alpha value is -1.36. The molecule has 5 heteroatoms. The first-order chi connectivity index (χ1) is 7.06. The van der Waals surface area contributed by atoms with E-state index in [1.54, 1.807) is 13.8 Å². The molecule has 0 aromatic heterocycles. The van der Waals surface area contributed by atoms with E-state index < -0.39 is 11.9 Å². The average Bonchev–Trinajstić information content (AvgIpc) is 2.14. The second-order valence-electron chi connectivity index (χ2n) is 2.98. The summed E-state index contributed by atoms with van der Waals surface area (Å²) < 4.78 is 14.1. The molecule has 5 nitrogen and oxygen atoms in total. The minimum atomic E-state index is -0.590. The predicted molar refractivity (Wildman–Crippen MR) is 53.2 cm³/mol. The van der Waals surface area contributed by atoms with E-state index in [-0.39, 0.29) is 12.7 Å². The van der Waals surface area contributed by atoms with Crippen LogP contribution in [0.4, 0.5) is 0 Å². The van der Waals surface area contributed by atoms with E-state index in [2.05, 4.69) is 9.47 Å². The lowest BCUT2D eigenvalue weighted by Gasteiger charge is -2.03. The molecule has 86 valence electrons. The zero-order valence-electron chi connectivity index (χ0n) is 9.19. The van der Waals surface area contributed by atoms with Gasteiger partial charge in [-0.1, -0.05) is 0 Å². The molecule has 0 saturated heterocycles. The Morgan fingerprint density at radius 1 is 1.13 bits per heavy atom. The standard InChI is InChI=1S/C10H16O5/c1-8(2)15-10(12)5-4-9(11)14-7-6-13-3/h4-5,8H,6-7H2,1-3H3. The second kappa shape index (κ2) is 7.99. The van der Waals surface area contributed by atoms with Gasteiger partial charge in [0.25, 0.3) is 0 Å². The monoisotopic (exact) mass is 216 g/mol. The number of ether oxygens (including phenoxy) is 3. The highest BCUT2D eigenvalue weighted by molar-refractivity contribution is 5.91. The summed E-state index contributed by atoms with van der Waals surface area (Å²) in [6.45, 7) is 3.94. The van der Waals surface area contributed by atoms with E-state index in [0.29, 0.717) is 6.61 Å². The van der Waals surface area contributed by atoms with Crippen molar-refractivity contribution in [2.24, 2.45) is 0 Å². The molecule has 0 N–H and O–H groups in total. The van der Waals surface area contributed by atoms with Crippen LogP contribution in [0.2, 0.25) is 0 Å². The second-order valence-corrected chi connectivity index (χ2v) is 2.98. The fourth-order valence-electron chi connectivity index (χ4n) is 0.681. The first kappa shape index (κ1) is 13.6. The Balaban J connectivity index is 3.74. The van der Waals surface area contributed by atoms with Crippen molar-refractivity contribution in [2.45, 2.75) is 20.0 Å². The van der Waals surface area contributed by atoms with Crippen molar-refractivity contribution in [3.63, 3.8) is 0 Å². The first-order valence-electron chi connectivity index (χ1n) is 4.60. The molecule has 0 aliphatic carbocycles. The van der Waals surface area contributed by atoms with Gasteiger partial charge < -0.3 is 14.2 Å². The van der Waals surface area contributed by atoms with E-state index in [4.69, 9.17) is 4.74 Å². The largest absolute Gasteiger partial charge is 0.460 e. The lowest BCUT2D eigenvalue weighted by molar-refractivity contribution is -0.143. The van der Waals surface area contributed by atoms with Crippen molar-refractivity contribution in [1.29, 1.82) is 0 Å². The molecule has 0 fully saturated rings. The van der Waals surface area contributed by atoms with E-state index in [0.717, 1.165) is 12.2 Å². The predicted octanol–water partition coefficient (Wildman–Crippen LogP) is 0.684. The lowest BCUT2D eigenvalue weighted by Crippen LogP contribution is -2.10. The van der Waals surface area contributed by atoms with Gasteiger partial charge in [-0.3, -0.25) is 0 Å². The van der Waals surface area contributed by atoms with Crippen LogP contribution in [0.25, 0.3) is 0 Å². The number of esters is 2. The van der Waals surface area contributed by atoms with Gasteiger partial charge in [0.05, 0.1) is 12.7 Å². The average molecular weight is 216 g/mol. The van der Waals surface area contributed by atoms with Gasteiger partial charge in [-0.05, 0) is 13.8 Å². The summed E-state index contributed by atoms with van der Waals surface area (Å²) in [5.41, 5.74) is 0. The highest BCUT2D eigenvalue weighted by Gasteiger charge is 2.02. The Bertz CT molecular complexity index is 232. The molecule has 0 heterocycles. The van der Waals surface area contributed by atoms with E-state index in [1.807, 2.05) is 0 Å². The summed E-state index contributed by atoms with van der Waals surface area (Å²) >= 11 is 0. The van der Waals surface area contributed by atoms with Gasteiger partial charge in [0, 0.05) is 19.3 Å². The third-order valence-electron chi connectivity index (χ3n) is 1.24. The van der Waals surface area contributed by atoms with Crippen LogP contribution in [0.5, 0.6) is 0 Å². The maximum absolute atomic E-state index is 10.9. The van der Waals surface area contributed by atoms with Crippen LogP contribution in [0.3, 0.4) is 0 Å². The molecule has 0 atom stereocenters. The lowest BCUT2D eigenvalue weighted by atomic mass is 10.4. The van der Waals surface area contributed by atoms with Gasteiger partial charge in [0.2, 0.25) is 0 Å². The third kappa shape index (κ3) is 8.96. The Morgan fingerprint density at radius 2 is 1.73 bits per heavy atom. The molecule has 0 rings (SSSR count). The molecule has 0 aliphatic rings. The number of rotatable bonds is 6. The molecule has 0 aliphatic heterocycles. The Morgan fingerprint density at radius 3 is 2.27 bits per heavy atom. The summed E-state index contributed by atoms with van der Waals surface area (Å²) in [4.78, 5) is 21.9. The Kier molecular flexibility index (Phi) is 7.27. The van der Waals surface area contributed by atoms with Gasteiger partial charge in [0.1, 0.15) is 6.61 Å². The topological polar surface area (TPSA) is 61.8 Å². The van der Waals surface area contributed by atoms with Crippen LogP contribution >= 0.6 is 0 Å². The molecule has 0 unspecified atom stereocenters. The van der Waals surface area contributed by atoms with Crippen LogP contribution in [-0.2, 0) is 23.8 Å². The quantitative estimate of drug-likeness (QED) is 0.371. The van der Waals surface area contributed by atoms with E-state index in [1.165, 1.54) is 7.11 Å². The third-order valence-corrected chi connectivity index (χ3v) is 1.24. The highest BCUT2D eigenvalue weighted by Crippen LogP contribution is 1.91. The summed E-state index contributed by atoms with van der Waals surface area (Å²) in [5.74, 6) is -1.15.